The summed E-state index contributed by atoms with van der Waals surface area (Å²) < 4.78 is 11.0. The normalized spacial score (nSPS) is 12.1. The van der Waals surface area contributed by atoms with Crippen LogP contribution in [0.1, 0.15) is 22.4 Å². The summed E-state index contributed by atoms with van der Waals surface area (Å²) in [5, 5.41) is 5.12. The van der Waals surface area contributed by atoms with Gasteiger partial charge in [-0.2, -0.15) is 0 Å². The van der Waals surface area contributed by atoms with Gasteiger partial charge in [0.05, 0.1) is 0 Å². The van der Waals surface area contributed by atoms with E-state index >= 15 is 0 Å². The molecule has 146 valence electrons. The topological polar surface area (TPSA) is 107 Å². The Kier molecular flexibility index (Phi) is 7.40. The van der Waals surface area contributed by atoms with Crippen molar-refractivity contribution >= 4 is 41.2 Å². The van der Waals surface area contributed by atoms with E-state index in [0.29, 0.717) is 47.6 Å². The zero-order valence-electron chi connectivity index (χ0n) is 14.8. The van der Waals surface area contributed by atoms with Crippen LogP contribution in [-0.4, -0.2) is 48.0 Å². The van der Waals surface area contributed by atoms with Crippen molar-refractivity contribution in [2.45, 2.75) is 13.5 Å². The van der Waals surface area contributed by atoms with Gasteiger partial charge in [0.1, 0.15) is 30.5 Å². The monoisotopic (exact) mass is 412 g/mol. The summed E-state index contributed by atoms with van der Waals surface area (Å²) in [6.07, 6.45) is 0. The minimum atomic E-state index is -0.300. The lowest BCUT2D eigenvalue weighted by Gasteiger charge is -2.21. The Labute approximate surface area is 167 Å². The number of aromatic nitrogens is 1. The lowest BCUT2D eigenvalue weighted by molar-refractivity contribution is -0.116. The molecule has 0 bridgehead atoms. The van der Waals surface area contributed by atoms with Crippen LogP contribution in [0.25, 0.3) is 0 Å². The first-order chi connectivity index (χ1) is 12.6. The Hall–Kier alpha value is -2.36. The number of rotatable bonds is 6. The van der Waals surface area contributed by atoms with Crippen LogP contribution >= 0.6 is 23.7 Å². The average Bonchev–Trinajstić information content (AvgIpc) is 3.14. The van der Waals surface area contributed by atoms with E-state index in [9.17, 15) is 9.59 Å². The Morgan fingerprint density at radius 1 is 1.30 bits per heavy atom. The maximum Gasteiger partial charge on any atom is 0.273 e. The number of anilines is 1. The molecule has 3 N–H and O–H groups in total. The highest BCUT2D eigenvalue weighted by molar-refractivity contribution is 7.09. The van der Waals surface area contributed by atoms with Crippen molar-refractivity contribution in [3.63, 3.8) is 0 Å². The zero-order chi connectivity index (χ0) is 18.5. The molecule has 0 spiro atoms. The molecule has 27 heavy (non-hydrogen) atoms. The molecule has 0 radical (unpaired) electrons. The molecule has 3 rings (SSSR count). The molecule has 0 unspecified atom stereocenters. The number of benzene rings is 1. The Morgan fingerprint density at radius 2 is 2.04 bits per heavy atom. The molecule has 1 aromatic carbocycles. The molecule has 2 amide bonds. The van der Waals surface area contributed by atoms with Crippen LogP contribution in [0.2, 0.25) is 0 Å². The third-order valence-corrected chi connectivity index (χ3v) is 4.65. The van der Waals surface area contributed by atoms with Crippen molar-refractivity contribution in [1.29, 1.82) is 0 Å². The number of ether oxygens (including phenoxy) is 2. The highest BCUT2D eigenvalue weighted by atomic mass is 35.5. The molecule has 2 aromatic rings. The first-order valence-corrected chi connectivity index (χ1v) is 9.12. The summed E-state index contributed by atoms with van der Waals surface area (Å²) in [6.45, 7) is 3.40. The van der Waals surface area contributed by atoms with Crippen LogP contribution < -0.4 is 20.5 Å². The van der Waals surface area contributed by atoms with E-state index in [1.807, 2.05) is 6.92 Å². The van der Waals surface area contributed by atoms with E-state index in [-0.39, 0.29) is 37.3 Å². The summed E-state index contributed by atoms with van der Waals surface area (Å²) in [5.74, 6) is 0.653. The molecule has 0 aliphatic carbocycles. The molecule has 1 aromatic heterocycles. The summed E-state index contributed by atoms with van der Waals surface area (Å²) in [4.78, 5) is 30.4. The van der Waals surface area contributed by atoms with E-state index in [4.69, 9.17) is 15.2 Å². The standard InChI is InChI=1S/C17H20N4O4S.ClH/c1-2-21(17(23)12-10-26-16(8-18)20-12)9-15(22)19-11-3-4-13-14(7-11)25-6-5-24-13;/h3-4,7,10H,2,5-6,8-9,18H2,1H3,(H,19,22);1H. The second-order valence-electron chi connectivity index (χ2n) is 5.56. The predicted octanol–water partition coefficient (Wildman–Crippen LogP) is 1.90. The van der Waals surface area contributed by atoms with Crippen molar-refractivity contribution in [3.8, 4) is 11.5 Å². The maximum atomic E-state index is 12.5. The molecule has 8 nitrogen and oxygen atoms in total. The fraction of sp³-hybridized carbons (Fsp3) is 0.353. The SMILES string of the molecule is CCN(CC(=O)Nc1ccc2c(c1)OCCO2)C(=O)c1csc(CN)n1.Cl. The van der Waals surface area contributed by atoms with E-state index in [1.54, 1.807) is 23.6 Å². The Bertz CT molecular complexity index is 814. The number of amides is 2. The van der Waals surface area contributed by atoms with E-state index in [1.165, 1.54) is 16.2 Å². The third-order valence-electron chi connectivity index (χ3n) is 3.77. The van der Waals surface area contributed by atoms with Gasteiger partial charge in [-0.1, -0.05) is 0 Å². The number of halogens is 1. The lowest BCUT2D eigenvalue weighted by atomic mass is 10.2. The third kappa shape index (κ3) is 5.09. The van der Waals surface area contributed by atoms with Crippen LogP contribution in [0.15, 0.2) is 23.6 Å². The second kappa shape index (κ2) is 9.54. The van der Waals surface area contributed by atoms with Crippen LogP contribution in [-0.2, 0) is 11.3 Å². The highest BCUT2D eigenvalue weighted by Crippen LogP contribution is 2.32. The van der Waals surface area contributed by atoms with Gasteiger partial charge in [0.25, 0.3) is 5.91 Å². The lowest BCUT2D eigenvalue weighted by Crippen LogP contribution is -2.38. The van der Waals surface area contributed by atoms with E-state index < -0.39 is 0 Å². The van der Waals surface area contributed by atoms with Crippen molar-refractivity contribution in [2.75, 3.05) is 31.6 Å². The number of likely N-dealkylation sites (N-methyl/N-ethyl adjacent to an activating group) is 1. The van der Waals surface area contributed by atoms with Gasteiger partial charge in [-0.25, -0.2) is 4.98 Å². The Balaban J connectivity index is 0.00000261. The van der Waals surface area contributed by atoms with Gasteiger partial charge < -0.3 is 25.4 Å². The molecule has 10 heteroatoms. The molecule has 2 heterocycles. The van der Waals surface area contributed by atoms with Gasteiger partial charge in [0, 0.05) is 30.2 Å². The number of nitrogens with one attached hydrogen (secondary N) is 1. The molecule has 0 saturated heterocycles. The van der Waals surface area contributed by atoms with Gasteiger partial charge in [-0.05, 0) is 19.1 Å². The number of carbonyl (C=O) groups excluding carboxylic acids is 2. The van der Waals surface area contributed by atoms with Gasteiger partial charge in [-0.3, -0.25) is 9.59 Å². The van der Waals surface area contributed by atoms with Crippen LogP contribution in [0, 0.1) is 0 Å². The van der Waals surface area contributed by atoms with Crippen molar-refractivity contribution in [1.82, 2.24) is 9.88 Å². The fourth-order valence-electron chi connectivity index (χ4n) is 2.49. The van der Waals surface area contributed by atoms with Gasteiger partial charge >= 0.3 is 0 Å². The summed E-state index contributed by atoms with van der Waals surface area (Å²) in [6, 6.07) is 5.19. The number of hydrogen-bond donors (Lipinski definition) is 2. The fourth-order valence-corrected chi connectivity index (χ4v) is 3.14. The first-order valence-electron chi connectivity index (χ1n) is 8.24. The average molecular weight is 413 g/mol. The van der Waals surface area contributed by atoms with Gasteiger partial charge in [-0.15, -0.1) is 23.7 Å². The zero-order valence-corrected chi connectivity index (χ0v) is 16.4. The number of nitrogens with two attached hydrogens (primary N) is 1. The Morgan fingerprint density at radius 3 is 2.70 bits per heavy atom. The van der Waals surface area contributed by atoms with E-state index in [0.717, 1.165) is 0 Å². The molecule has 1 aliphatic heterocycles. The van der Waals surface area contributed by atoms with Crippen molar-refractivity contribution in [3.05, 3.63) is 34.3 Å². The number of carbonyl (C=O) groups is 2. The smallest absolute Gasteiger partial charge is 0.273 e. The molecule has 0 saturated carbocycles. The number of hydrogen-bond acceptors (Lipinski definition) is 7. The van der Waals surface area contributed by atoms with Crippen molar-refractivity contribution in [2.24, 2.45) is 5.73 Å². The summed E-state index contributed by atoms with van der Waals surface area (Å²) >= 11 is 1.33. The molecule has 0 fully saturated rings. The van der Waals surface area contributed by atoms with Crippen LogP contribution in [0.5, 0.6) is 11.5 Å². The minimum absolute atomic E-state index is 0. The second-order valence-corrected chi connectivity index (χ2v) is 6.50. The molecule has 1 aliphatic rings. The van der Waals surface area contributed by atoms with E-state index in [2.05, 4.69) is 10.3 Å². The predicted molar refractivity (Wildman–Crippen MR) is 105 cm³/mol. The summed E-state index contributed by atoms with van der Waals surface area (Å²) in [5.41, 5.74) is 6.42. The molecule has 0 atom stereocenters. The summed E-state index contributed by atoms with van der Waals surface area (Å²) in [7, 11) is 0. The van der Waals surface area contributed by atoms with Crippen LogP contribution in [0.4, 0.5) is 5.69 Å². The molecular formula is C17H21ClN4O4S. The van der Waals surface area contributed by atoms with Gasteiger partial charge in [0.15, 0.2) is 11.5 Å². The number of fused-ring (bicyclic) bond motifs is 1. The largest absolute Gasteiger partial charge is 0.486 e. The van der Waals surface area contributed by atoms with Crippen molar-refractivity contribution < 1.29 is 19.1 Å². The first kappa shape index (κ1) is 20.9. The quantitative estimate of drug-likeness (QED) is 0.750. The molecular weight excluding hydrogens is 392 g/mol. The van der Waals surface area contributed by atoms with Crippen LogP contribution in [0.3, 0.4) is 0 Å². The number of thiazole rings is 1. The maximum absolute atomic E-state index is 12.5. The number of nitrogens with zero attached hydrogens (tertiary/aromatic N) is 2. The van der Waals surface area contributed by atoms with Gasteiger partial charge in [0.2, 0.25) is 5.91 Å². The highest BCUT2D eigenvalue weighted by Gasteiger charge is 2.20. The minimum Gasteiger partial charge on any atom is -0.486 e.